The second-order valence-electron chi connectivity index (χ2n) is 10.4. The highest BCUT2D eigenvalue weighted by atomic mass is 35.5. The Kier molecular flexibility index (Phi) is 8.27. The van der Waals surface area contributed by atoms with E-state index in [0.29, 0.717) is 42.1 Å². The third-order valence-electron chi connectivity index (χ3n) is 6.92. The molecule has 3 aromatic rings. The zero-order chi connectivity index (χ0) is 27.6. The predicted octanol–water partition coefficient (Wildman–Crippen LogP) is 5.45. The number of ether oxygens (including phenoxy) is 3. The summed E-state index contributed by atoms with van der Waals surface area (Å²) in [4.78, 5) is 26.6. The van der Waals surface area contributed by atoms with E-state index in [-0.39, 0.29) is 22.8 Å². The third kappa shape index (κ3) is 6.81. The Morgan fingerprint density at radius 1 is 1.26 bits per heavy atom. The molecule has 10 nitrogen and oxygen atoms in total. The number of hydrogen-bond acceptors (Lipinski definition) is 7. The van der Waals surface area contributed by atoms with Crippen molar-refractivity contribution >= 4 is 34.9 Å². The van der Waals surface area contributed by atoms with Crippen LogP contribution in [0.5, 0.6) is 11.5 Å². The molecule has 2 unspecified atom stereocenters. The van der Waals surface area contributed by atoms with E-state index in [1.54, 1.807) is 35.1 Å². The largest absolute Gasteiger partial charge is 0.454 e. The van der Waals surface area contributed by atoms with E-state index in [0.717, 1.165) is 25.7 Å². The molecule has 39 heavy (non-hydrogen) atoms. The Labute approximate surface area is 236 Å². The Morgan fingerprint density at radius 2 is 2.05 bits per heavy atom. The fourth-order valence-electron chi connectivity index (χ4n) is 5.06. The van der Waals surface area contributed by atoms with E-state index >= 15 is 0 Å². The first-order chi connectivity index (χ1) is 18.7. The number of hydrogen-bond donors (Lipinski definition) is 1. The molecule has 208 valence electrons. The van der Waals surface area contributed by atoms with Gasteiger partial charge in [0.2, 0.25) is 0 Å². The first kappa shape index (κ1) is 27.6. The zero-order valence-corrected chi connectivity index (χ0v) is 23.3. The number of carbonyl (C=O) groups is 1. The van der Waals surface area contributed by atoms with Gasteiger partial charge in [-0.1, -0.05) is 55.0 Å². The van der Waals surface area contributed by atoms with Crippen LogP contribution in [0.2, 0.25) is 10.0 Å². The Bertz CT molecular complexity index is 1380. The summed E-state index contributed by atoms with van der Waals surface area (Å²) in [5, 5.41) is 12.2. The molecule has 5 rings (SSSR count). The molecule has 1 saturated carbocycles. The van der Waals surface area contributed by atoms with Crippen molar-refractivity contribution < 1.29 is 19.0 Å². The quantitative estimate of drug-likeness (QED) is 0.361. The maximum Gasteiger partial charge on any atom is 0.271 e. The topological polar surface area (TPSA) is 110 Å². The molecule has 2 atom stereocenters. The summed E-state index contributed by atoms with van der Waals surface area (Å²) in [5.41, 5.74) is -0.463. The number of carbonyl (C=O) groups excluding carboxylic acids is 1. The van der Waals surface area contributed by atoms with Crippen LogP contribution in [0.25, 0.3) is 0 Å². The molecule has 0 radical (unpaired) electrons. The lowest BCUT2D eigenvalue weighted by molar-refractivity contribution is -0.139. The fraction of sp³-hybridized carbons (Fsp3) is 0.481. The van der Waals surface area contributed by atoms with Crippen LogP contribution in [0.4, 0.5) is 5.82 Å². The molecule has 2 fully saturated rings. The molecule has 1 N–H and O–H groups in total. The van der Waals surface area contributed by atoms with E-state index in [2.05, 4.69) is 15.5 Å². The van der Waals surface area contributed by atoms with Crippen molar-refractivity contribution in [2.24, 2.45) is 5.92 Å². The van der Waals surface area contributed by atoms with E-state index in [1.807, 2.05) is 13.8 Å². The van der Waals surface area contributed by atoms with Gasteiger partial charge in [-0.2, -0.15) is 10.2 Å². The number of nitrogens with zero attached hydrogens (tertiary/aromatic N) is 4. The van der Waals surface area contributed by atoms with Crippen LogP contribution in [-0.4, -0.2) is 44.0 Å². The summed E-state index contributed by atoms with van der Waals surface area (Å²) in [7, 11) is 0. The van der Waals surface area contributed by atoms with Crippen molar-refractivity contribution in [2.45, 2.75) is 70.4 Å². The molecule has 1 aliphatic carbocycles. The number of halogens is 2. The van der Waals surface area contributed by atoms with Crippen molar-refractivity contribution in [3.63, 3.8) is 0 Å². The van der Waals surface area contributed by atoms with Gasteiger partial charge < -0.3 is 19.5 Å². The second kappa shape index (κ2) is 11.7. The highest BCUT2D eigenvalue weighted by Crippen LogP contribution is 2.35. The van der Waals surface area contributed by atoms with Crippen LogP contribution in [-0.2, 0) is 20.8 Å². The van der Waals surface area contributed by atoms with Crippen LogP contribution in [0.3, 0.4) is 0 Å². The number of anilines is 1. The number of rotatable bonds is 9. The molecule has 0 spiro atoms. The smallest absolute Gasteiger partial charge is 0.271 e. The molecule has 1 saturated heterocycles. The minimum Gasteiger partial charge on any atom is -0.454 e. The van der Waals surface area contributed by atoms with Crippen LogP contribution in [0, 0.1) is 5.92 Å². The monoisotopic (exact) mass is 575 g/mol. The maximum absolute atomic E-state index is 13.5. The van der Waals surface area contributed by atoms with E-state index < -0.39 is 17.4 Å². The zero-order valence-electron chi connectivity index (χ0n) is 21.8. The lowest BCUT2D eigenvalue weighted by atomic mass is 9.98. The van der Waals surface area contributed by atoms with Gasteiger partial charge in [0.05, 0.1) is 24.4 Å². The third-order valence-corrected chi connectivity index (χ3v) is 7.73. The summed E-state index contributed by atoms with van der Waals surface area (Å²) < 4.78 is 20.1. The molecule has 3 heterocycles. The van der Waals surface area contributed by atoms with Gasteiger partial charge in [0.15, 0.2) is 17.4 Å². The van der Waals surface area contributed by atoms with Crippen LogP contribution < -0.4 is 15.6 Å². The molecular formula is C27H31Cl2N5O5. The summed E-state index contributed by atoms with van der Waals surface area (Å²) in [6.07, 6.45) is 7.79. The molecule has 1 amide bonds. The number of nitrogens with one attached hydrogen (secondary N) is 1. The summed E-state index contributed by atoms with van der Waals surface area (Å²) in [6, 6.07) is 7.17. The van der Waals surface area contributed by atoms with E-state index in [9.17, 15) is 9.59 Å². The molecule has 2 aromatic heterocycles. The van der Waals surface area contributed by atoms with Gasteiger partial charge in [-0.25, -0.2) is 4.68 Å². The van der Waals surface area contributed by atoms with Gasteiger partial charge in [0.1, 0.15) is 22.9 Å². The average Bonchev–Trinajstić information content (AvgIpc) is 3.63. The minimum absolute atomic E-state index is 0.135. The van der Waals surface area contributed by atoms with Crippen molar-refractivity contribution in [3.8, 4) is 11.5 Å². The summed E-state index contributed by atoms with van der Waals surface area (Å²) >= 11 is 12.3. The number of aromatic nitrogens is 4. The fourth-order valence-corrected chi connectivity index (χ4v) is 5.39. The molecule has 2 aliphatic rings. The highest BCUT2D eigenvalue weighted by Gasteiger charge is 2.33. The van der Waals surface area contributed by atoms with E-state index in [1.165, 1.54) is 16.9 Å². The minimum atomic E-state index is -0.804. The van der Waals surface area contributed by atoms with E-state index in [4.69, 9.17) is 37.4 Å². The standard InChI is InChI=1S/C27H31Cl2N5O5/c1-27(2)37-16-19(39-27)15-33-11-10-23(32-33)31-26(36)21(12-17-6-3-4-7-17)34-24(35)13-18(14-30-34)38-22-9-5-8-20(28)25(22)29/h5,8-11,13-14,17,19,21H,3-4,6-7,12,15-16H2,1-2H3,(H,31,32,36). The highest BCUT2D eigenvalue weighted by molar-refractivity contribution is 6.42. The average molecular weight is 576 g/mol. The number of benzene rings is 1. The summed E-state index contributed by atoms with van der Waals surface area (Å²) in [6.45, 7) is 4.69. The Hall–Kier alpha value is -2.92. The molecule has 1 aliphatic heterocycles. The van der Waals surface area contributed by atoms with Gasteiger partial charge in [-0.05, 0) is 38.3 Å². The molecule has 1 aromatic carbocycles. The lowest BCUT2D eigenvalue weighted by Crippen LogP contribution is -2.36. The second-order valence-corrected chi connectivity index (χ2v) is 11.2. The van der Waals surface area contributed by atoms with Crippen LogP contribution >= 0.6 is 23.2 Å². The maximum atomic E-state index is 13.5. The molecule has 12 heteroatoms. The number of amides is 1. The van der Waals surface area contributed by atoms with Crippen molar-refractivity contribution in [1.82, 2.24) is 19.6 Å². The predicted molar refractivity (Wildman–Crippen MR) is 146 cm³/mol. The van der Waals surface area contributed by atoms with Crippen molar-refractivity contribution in [3.05, 3.63) is 63.1 Å². The SMILES string of the molecule is CC1(C)OCC(Cn2ccc(NC(=O)C(CC3CCCC3)n3ncc(Oc4cccc(Cl)c4Cl)cc3=O)n2)O1. The molecule has 0 bridgehead atoms. The van der Waals surface area contributed by atoms with Gasteiger partial charge in [-0.15, -0.1) is 0 Å². The molecular weight excluding hydrogens is 545 g/mol. The first-order valence-corrected chi connectivity index (χ1v) is 13.8. The Balaban J connectivity index is 1.31. The summed E-state index contributed by atoms with van der Waals surface area (Å²) in [5.74, 6) is 0.241. The lowest BCUT2D eigenvalue weighted by Gasteiger charge is -2.21. The van der Waals surface area contributed by atoms with Gasteiger partial charge in [0, 0.05) is 18.3 Å². The van der Waals surface area contributed by atoms with Crippen molar-refractivity contribution in [1.29, 1.82) is 0 Å². The van der Waals surface area contributed by atoms with Crippen LogP contribution in [0.1, 0.15) is 52.0 Å². The van der Waals surface area contributed by atoms with Crippen molar-refractivity contribution in [2.75, 3.05) is 11.9 Å². The van der Waals surface area contributed by atoms with Gasteiger partial charge >= 0.3 is 0 Å². The van der Waals surface area contributed by atoms with Gasteiger partial charge in [0.25, 0.3) is 11.5 Å². The van der Waals surface area contributed by atoms with Crippen LogP contribution in [0.15, 0.2) is 47.5 Å². The Morgan fingerprint density at radius 3 is 2.77 bits per heavy atom. The normalized spacial score (nSPS) is 19.7. The van der Waals surface area contributed by atoms with Gasteiger partial charge in [-0.3, -0.25) is 14.3 Å². The first-order valence-electron chi connectivity index (χ1n) is 13.0.